The molecule has 3 atom stereocenters. The van der Waals surface area contributed by atoms with Crippen LogP contribution >= 0.6 is 0 Å². The van der Waals surface area contributed by atoms with Crippen LogP contribution in [0.3, 0.4) is 0 Å². The van der Waals surface area contributed by atoms with Crippen molar-refractivity contribution in [3.63, 3.8) is 0 Å². The van der Waals surface area contributed by atoms with Crippen LogP contribution in [0.15, 0.2) is 0 Å². The van der Waals surface area contributed by atoms with Crippen LogP contribution in [0.4, 0.5) is 0 Å². The average Bonchev–Trinajstić information content (AvgIpc) is 2.71. The molecule has 0 radical (unpaired) electrons. The van der Waals surface area contributed by atoms with E-state index in [0.717, 1.165) is 35.8 Å². The van der Waals surface area contributed by atoms with Crippen molar-refractivity contribution >= 4 is 0 Å². The molecule has 1 nitrogen and oxygen atoms in total. The molecule has 1 aliphatic heterocycles. The lowest BCUT2D eigenvalue weighted by Gasteiger charge is -2.47. The van der Waals surface area contributed by atoms with Crippen molar-refractivity contribution in [2.24, 2.45) is 23.7 Å². The zero-order valence-corrected chi connectivity index (χ0v) is 11.2. The van der Waals surface area contributed by atoms with Gasteiger partial charge in [-0.2, -0.15) is 0 Å². The Kier molecular flexibility index (Phi) is 2.78. The van der Waals surface area contributed by atoms with Crippen LogP contribution in [0.2, 0.25) is 0 Å². The second kappa shape index (κ2) is 4.01. The summed E-state index contributed by atoms with van der Waals surface area (Å²) in [6.45, 7) is 8.61. The molecule has 0 N–H and O–H groups in total. The van der Waals surface area contributed by atoms with Crippen LogP contribution in [0.5, 0.6) is 0 Å². The van der Waals surface area contributed by atoms with E-state index < -0.39 is 0 Å². The molecule has 0 amide bonds. The summed E-state index contributed by atoms with van der Waals surface area (Å²) >= 11 is 0. The first kappa shape index (κ1) is 11.1. The predicted octanol–water partition coefficient (Wildman–Crippen LogP) is 3.54. The molecule has 3 saturated carbocycles. The molecule has 4 aliphatic rings. The summed E-state index contributed by atoms with van der Waals surface area (Å²) in [6, 6.07) is 1.67. The zero-order valence-electron chi connectivity index (χ0n) is 11.2. The van der Waals surface area contributed by atoms with Crippen LogP contribution < -0.4 is 0 Å². The fraction of sp³-hybridized carbons (Fsp3) is 1.00. The second-order valence-corrected chi connectivity index (χ2v) is 6.68. The third-order valence-corrected chi connectivity index (χ3v) is 5.83. The van der Waals surface area contributed by atoms with E-state index in [2.05, 4.69) is 25.7 Å². The van der Waals surface area contributed by atoms with Gasteiger partial charge in [0.05, 0.1) is 0 Å². The Labute approximate surface area is 101 Å². The van der Waals surface area contributed by atoms with Crippen LogP contribution in [0, 0.1) is 23.7 Å². The summed E-state index contributed by atoms with van der Waals surface area (Å²) in [5.74, 6) is 4.32. The van der Waals surface area contributed by atoms with Gasteiger partial charge >= 0.3 is 0 Å². The Morgan fingerprint density at radius 2 is 1.69 bits per heavy atom. The van der Waals surface area contributed by atoms with Crippen LogP contribution in [0.1, 0.15) is 52.9 Å². The van der Waals surface area contributed by atoms with Crippen LogP contribution in [-0.4, -0.2) is 23.5 Å². The van der Waals surface area contributed by atoms with Gasteiger partial charge in [0.15, 0.2) is 0 Å². The van der Waals surface area contributed by atoms with Gasteiger partial charge in [-0.25, -0.2) is 0 Å². The Hall–Kier alpha value is -0.0400. The Morgan fingerprint density at radius 1 is 1.06 bits per heavy atom. The molecule has 0 aromatic carbocycles. The lowest BCUT2D eigenvalue weighted by atomic mass is 9.58. The number of hydrogen-bond acceptors (Lipinski definition) is 1. The van der Waals surface area contributed by atoms with Gasteiger partial charge in [-0.1, -0.05) is 6.92 Å². The Balaban J connectivity index is 1.86. The van der Waals surface area contributed by atoms with E-state index in [1.54, 1.807) is 25.7 Å². The summed E-state index contributed by atoms with van der Waals surface area (Å²) in [4.78, 5) is 2.83. The summed E-state index contributed by atoms with van der Waals surface area (Å²) in [6.07, 6.45) is 7.58. The molecule has 4 fully saturated rings. The topological polar surface area (TPSA) is 3.24 Å². The number of nitrogens with zero attached hydrogens (tertiary/aromatic N) is 1. The van der Waals surface area contributed by atoms with Gasteiger partial charge < -0.3 is 0 Å². The highest BCUT2D eigenvalue weighted by Gasteiger charge is 2.52. The van der Waals surface area contributed by atoms with Crippen molar-refractivity contribution in [3.8, 4) is 0 Å². The van der Waals surface area contributed by atoms with Gasteiger partial charge in [-0.05, 0) is 69.6 Å². The van der Waals surface area contributed by atoms with Gasteiger partial charge in [-0.3, -0.25) is 4.90 Å². The highest BCUT2D eigenvalue weighted by molar-refractivity contribution is 5.04. The standard InChI is InChI=1S/C15H27N/c1-4-14-15-12-7-5-11(6-8-12)13(15)9-16(14)10(2)3/h10-15H,4-9H2,1-3H3/t11?,12?,13?,14?,15-/m1/s1. The normalized spacial score (nSPS) is 47.6. The molecule has 0 spiro atoms. The summed E-state index contributed by atoms with van der Waals surface area (Å²) in [5.41, 5.74) is 0. The van der Waals surface area contributed by atoms with Gasteiger partial charge in [0.2, 0.25) is 0 Å². The summed E-state index contributed by atoms with van der Waals surface area (Å²) < 4.78 is 0. The van der Waals surface area contributed by atoms with Gasteiger partial charge in [0.25, 0.3) is 0 Å². The molecule has 1 saturated heterocycles. The minimum absolute atomic E-state index is 0.759. The first-order valence-electron chi connectivity index (χ1n) is 7.48. The second-order valence-electron chi connectivity index (χ2n) is 6.68. The van der Waals surface area contributed by atoms with Crippen molar-refractivity contribution in [1.29, 1.82) is 0 Å². The fourth-order valence-corrected chi connectivity index (χ4v) is 5.19. The highest BCUT2D eigenvalue weighted by Crippen LogP contribution is 2.55. The third kappa shape index (κ3) is 1.47. The number of likely N-dealkylation sites (tertiary alicyclic amines) is 1. The minimum Gasteiger partial charge on any atom is -0.297 e. The lowest BCUT2D eigenvalue weighted by molar-refractivity contribution is 0.0384. The molecule has 1 heteroatoms. The molecule has 92 valence electrons. The SMILES string of the molecule is CCC1[C@@H]2C3CCC(CC3)C2CN1C(C)C. The molecule has 3 aliphatic carbocycles. The van der Waals surface area contributed by atoms with Crippen molar-refractivity contribution < 1.29 is 0 Å². The monoisotopic (exact) mass is 221 g/mol. The Bertz CT molecular complexity index is 252. The molecule has 4 rings (SSSR count). The quantitative estimate of drug-likeness (QED) is 0.689. The number of hydrogen-bond donors (Lipinski definition) is 0. The highest BCUT2D eigenvalue weighted by atomic mass is 15.2. The maximum atomic E-state index is 2.83. The largest absolute Gasteiger partial charge is 0.297 e. The molecule has 0 aromatic rings. The van der Waals surface area contributed by atoms with E-state index in [4.69, 9.17) is 0 Å². The van der Waals surface area contributed by atoms with Gasteiger partial charge in [0, 0.05) is 18.6 Å². The molecular formula is C15H27N. The molecule has 1 heterocycles. The molecule has 2 bridgehead atoms. The predicted molar refractivity (Wildman–Crippen MR) is 68.3 cm³/mol. The zero-order chi connectivity index (χ0) is 11.3. The lowest BCUT2D eigenvalue weighted by Crippen LogP contribution is -2.43. The van der Waals surface area contributed by atoms with Crippen LogP contribution in [0.25, 0.3) is 0 Å². The third-order valence-electron chi connectivity index (χ3n) is 5.83. The van der Waals surface area contributed by atoms with E-state index in [9.17, 15) is 0 Å². The fourth-order valence-electron chi connectivity index (χ4n) is 5.19. The maximum Gasteiger partial charge on any atom is 0.0130 e. The molecule has 2 unspecified atom stereocenters. The number of rotatable bonds is 2. The van der Waals surface area contributed by atoms with Gasteiger partial charge in [-0.15, -0.1) is 0 Å². The van der Waals surface area contributed by atoms with Crippen LogP contribution in [-0.2, 0) is 0 Å². The van der Waals surface area contributed by atoms with E-state index >= 15 is 0 Å². The summed E-state index contributed by atoms with van der Waals surface area (Å²) in [7, 11) is 0. The van der Waals surface area contributed by atoms with E-state index in [1.165, 1.54) is 13.0 Å². The van der Waals surface area contributed by atoms with E-state index in [-0.39, 0.29) is 0 Å². The van der Waals surface area contributed by atoms with E-state index in [0.29, 0.717) is 0 Å². The van der Waals surface area contributed by atoms with E-state index in [1.807, 2.05) is 0 Å². The Morgan fingerprint density at radius 3 is 2.25 bits per heavy atom. The average molecular weight is 221 g/mol. The van der Waals surface area contributed by atoms with Crippen molar-refractivity contribution in [2.75, 3.05) is 6.54 Å². The van der Waals surface area contributed by atoms with Crippen molar-refractivity contribution in [3.05, 3.63) is 0 Å². The van der Waals surface area contributed by atoms with Gasteiger partial charge in [0.1, 0.15) is 0 Å². The minimum atomic E-state index is 0.759. The first-order chi connectivity index (χ1) is 7.72. The maximum absolute atomic E-state index is 2.83. The molecular weight excluding hydrogens is 194 g/mol. The van der Waals surface area contributed by atoms with Crippen molar-refractivity contribution in [2.45, 2.75) is 65.0 Å². The molecule has 16 heavy (non-hydrogen) atoms. The van der Waals surface area contributed by atoms with Crippen molar-refractivity contribution in [1.82, 2.24) is 4.90 Å². The summed E-state index contributed by atoms with van der Waals surface area (Å²) in [5, 5.41) is 0. The number of fused-ring (bicyclic) bond motifs is 2. The first-order valence-corrected chi connectivity index (χ1v) is 7.48. The molecule has 0 aromatic heterocycles. The smallest absolute Gasteiger partial charge is 0.0130 e.